The minimum Gasteiger partial charge on any atom is -0.478 e. The smallest absolute Gasteiger partial charge is 0.339 e. The summed E-state index contributed by atoms with van der Waals surface area (Å²) >= 11 is 0. The number of anilines is 2. The largest absolute Gasteiger partial charge is 0.478 e. The van der Waals surface area contributed by atoms with Crippen molar-refractivity contribution in [2.75, 3.05) is 5.32 Å². The van der Waals surface area contributed by atoms with Crippen molar-refractivity contribution in [1.29, 1.82) is 0 Å². The lowest BCUT2D eigenvalue weighted by Crippen LogP contribution is -2.05. The molecule has 0 unspecified atom stereocenters. The third-order valence-electron chi connectivity index (χ3n) is 4.70. The van der Waals surface area contributed by atoms with Crippen LogP contribution in [0.1, 0.15) is 22.8 Å². The quantitative estimate of drug-likeness (QED) is 0.438. The molecule has 6 heteroatoms. The van der Waals surface area contributed by atoms with Gasteiger partial charge in [-0.25, -0.2) is 14.2 Å². The first kappa shape index (κ1) is 17.7. The number of nitrogens with zero attached hydrogens (tertiary/aromatic N) is 1. The highest BCUT2D eigenvalue weighted by Crippen LogP contribution is 2.33. The molecule has 0 atom stereocenters. The fraction of sp³-hybridized carbons (Fsp3) is 0.0909. The van der Waals surface area contributed by atoms with Crippen LogP contribution in [0.15, 0.2) is 60.8 Å². The molecule has 28 heavy (non-hydrogen) atoms. The monoisotopic (exact) mass is 375 g/mol. The van der Waals surface area contributed by atoms with Crippen molar-refractivity contribution in [2.24, 2.45) is 0 Å². The molecular weight excluding hydrogens is 357 g/mol. The Hall–Kier alpha value is -3.67. The van der Waals surface area contributed by atoms with E-state index in [-0.39, 0.29) is 11.4 Å². The molecule has 2 heterocycles. The zero-order valence-electron chi connectivity index (χ0n) is 15.2. The number of pyridine rings is 1. The number of H-pyrrole nitrogens is 1. The average Bonchev–Trinajstić information content (AvgIpc) is 3.13. The molecule has 0 bridgehead atoms. The number of hydrogen-bond acceptors (Lipinski definition) is 3. The summed E-state index contributed by atoms with van der Waals surface area (Å²) in [6.07, 6.45) is 2.15. The van der Waals surface area contributed by atoms with Crippen LogP contribution in [-0.2, 0) is 6.42 Å². The van der Waals surface area contributed by atoms with Crippen LogP contribution in [0.25, 0.3) is 22.3 Å². The molecule has 5 nitrogen and oxygen atoms in total. The number of aromatic carboxylic acids is 1. The first-order valence-corrected chi connectivity index (χ1v) is 8.92. The summed E-state index contributed by atoms with van der Waals surface area (Å²) in [6.45, 7) is 2.05. The topological polar surface area (TPSA) is 78.0 Å². The van der Waals surface area contributed by atoms with Crippen molar-refractivity contribution in [3.8, 4) is 11.3 Å². The lowest BCUT2D eigenvalue weighted by atomic mass is 10.1. The zero-order valence-corrected chi connectivity index (χ0v) is 15.2. The summed E-state index contributed by atoms with van der Waals surface area (Å²) < 4.78 is 13.2. The number of nitrogens with one attached hydrogen (secondary N) is 2. The second kappa shape index (κ2) is 7.15. The third-order valence-corrected chi connectivity index (χ3v) is 4.70. The number of hydrogen-bond donors (Lipinski definition) is 3. The molecule has 2 aromatic carbocycles. The van der Waals surface area contributed by atoms with Crippen molar-refractivity contribution in [1.82, 2.24) is 9.97 Å². The fourth-order valence-corrected chi connectivity index (χ4v) is 3.24. The van der Waals surface area contributed by atoms with Gasteiger partial charge in [0.1, 0.15) is 17.0 Å². The second-order valence-corrected chi connectivity index (χ2v) is 6.44. The summed E-state index contributed by atoms with van der Waals surface area (Å²) in [4.78, 5) is 19.2. The van der Waals surface area contributed by atoms with Crippen molar-refractivity contribution < 1.29 is 14.3 Å². The maximum atomic E-state index is 13.2. The first-order chi connectivity index (χ1) is 13.6. The van der Waals surface area contributed by atoms with Crippen molar-refractivity contribution >= 4 is 28.4 Å². The SMILES string of the molecule is CCc1ccccc1Nc1c(C(=O)O)cnc2[nH]c(-c3ccc(F)cc3)cc12. The van der Waals surface area contributed by atoms with Crippen LogP contribution in [0.4, 0.5) is 15.8 Å². The highest BCUT2D eigenvalue weighted by Gasteiger charge is 2.18. The Balaban J connectivity index is 1.88. The number of carboxylic acid groups (broad SMARTS) is 1. The van der Waals surface area contributed by atoms with Crippen LogP contribution in [0, 0.1) is 5.82 Å². The van der Waals surface area contributed by atoms with Crippen LogP contribution in [0.2, 0.25) is 0 Å². The van der Waals surface area contributed by atoms with Gasteiger partial charge in [0.05, 0.1) is 5.69 Å². The summed E-state index contributed by atoms with van der Waals surface area (Å²) in [7, 11) is 0. The summed E-state index contributed by atoms with van der Waals surface area (Å²) in [5.41, 5.74) is 4.57. The van der Waals surface area contributed by atoms with E-state index in [2.05, 4.69) is 15.3 Å². The molecule has 140 valence electrons. The van der Waals surface area contributed by atoms with Crippen molar-refractivity contribution in [3.05, 3.63) is 77.7 Å². The Morgan fingerprint density at radius 3 is 2.64 bits per heavy atom. The zero-order chi connectivity index (χ0) is 19.7. The van der Waals surface area contributed by atoms with Gasteiger partial charge in [-0.3, -0.25) is 0 Å². The number of aryl methyl sites for hydroxylation is 1. The normalized spacial score (nSPS) is 10.9. The number of halogens is 1. The minimum atomic E-state index is -1.06. The van der Waals surface area contributed by atoms with E-state index in [0.717, 1.165) is 28.9 Å². The molecule has 0 saturated carbocycles. The first-order valence-electron chi connectivity index (χ1n) is 8.92. The van der Waals surface area contributed by atoms with E-state index in [1.54, 1.807) is 12.1 Å². The van der Waals surface area contributed by atoms with Crippen LogP contribution >= 0.6 is 0 Å². The number of carboxylic acids is 1. The fourth-order valence-electron chi connectivity index (χ4n) is 3.24. The maximum Gasteiger partial charge on any atom is 0.339 e. The van der Waals surface area contributed by atoms with Crippen LogP contribution in [0.5, 0.6) is 0 Å². The molecular formula is C22H18FN3O2. The van der Waals surface area contributed by atoms with Gasteiger partial charge in [-0.2, -0.15) is 0 Å². The van der Waals surface area contributed by atoms with Gasteiger partial charge in [-0.05, 0) is 53.9 Å². The Morgan fingerprint density at radius 2 is 1.93 bits per heavy atom. The lowest BCUT2D eigenvalue weighted by molar-refractivity contribution is 0.0697. The molecule has 0 aliphatic heterocycles. The highest BCUT2D eigenvalue weighted by molar-refractivity contribution is 6.06. The Morgan fingerprint density at radius 1 is 1.18 bits per heavy atom. The molecule has 0 aliphatic carbocycles. The van der Waals surface area contributed by atoms with Crippen LogP contribution in [0.3, 0.4) is 0 Å². The van der Waals surface area contributed by atoms with Gasteiger partial charge in [0, 0.05) is 23.0 Å². The lowest BCUT2D eigenvalue weighted by Gasteiger charge is -2.13. The second-order valence-electron chi connectivity index (χ2n) is 6.44. The predicted molar refractivity (Wildman–Crippen MR) is 108 cm³/mol. The predicted octanol–water partition coefficient (Wildman–Crippen LogP) is 5.37. The van der Waals surface area contributed by atoms with Gasteiger partial charge in [0.25, 0.3) is 0 Å². The number of aromatic nitrogens is 2. The van der Waals surface area contributed by atoms with E-state index in [0.29, 0.717) is 16.7 Å². The molecule has 0 saturated heterocycles. The van der Waals surface area contributed by atoms with E-state index >= 15 is 0 Å². The Bertz CT molecular complexity index is 1170. The van der Waals surface area contributed by atoms with Crippen LogP contribution in [-0.4, -0.2) is 21.0 Å². The van der Waals surface area contributed by atoms with Crippen molar-refractivity contribution in [3.63, 3.8) is 0 Å². The molecule has 4 aromatic rings. The Labute approximate surface area is 160 Å². The minimum absolute atomic E-state index is 0.0862. The maximum absolute atomic E-state index is 13.2. The summed E-state index contributed by atoms with van der Waals surface area (Å²) in [5, 5.41) is 13.6. The molecule has 3 N–H and O–H groups in total. The van der Waals surface area contributed by atoms with Gasteiger partial charge in [-0.1, -0.05) is 25.1 Å². The van der Waals surface area contributed by atoms with Gasteiger partial charge in [-0.15, -0.1) is 0 Å². The van der Waals surface area contributed by atoms with E-state index in [1.807, 2.05) is 37.3 Å². The average molecular weight is 375 g/mol. The molecule has 0 spiro atoms. The molecule has 2 aromatic heterocycles. The van der Waals surface area contributed by atoms with E-state index in [9.17, 15) is 14.3 Å². The number of fused-ring (bicyclic) bond motifs is 1. The van der Waals surface area contributed by atoms with Crippen LogP contribution < -0.4 is 5.32 Å². The highest BCUT2D eigenvalue weighted by atomic mass is 19.1. The molecule has 0 amide bonds. The van der Waals surface area contributed by atoms with E-state index in [4.69, 9.17) is 0 Å². The number of benzene rings is 2. The van der Waals surface area contributed by atoms with E-state index < -0.39 is 5.97 Å². The van der Waals surface area contributed by atoms with Crippen molar-refractivity contribution in [2.45, 2.75) is 13.3 Å². The molecule has 4 rings (SSSR count). The number of aromatic amines is 1. The molecule has 0 aliphatic rings. The number of para-hydroxylation sites is 1. The standard InChI is InChI=1S/C22H18FN3O2/c1-2-13-5-3-4-6-18(13)25-20-16-11-19(14-7-9-15(23)10-8-14)26-21(16)24-12-17(20)22(27)28/h3-12H,2H2,1H3,(H,27,28)(H2,24,25,26). The summed E-state index contributed by atoms with van der Waals surface area (Å²) in [5.74, 6) is -1.37. The molecule has 0 fully saturated rings. The van der Waals surface area contributed by atoms with E-state index in [1.165, 1.54) is 18.3 Å². The summed E-state index contributed by atoms with van der Waals surface area (Å²) in [6, 6.07) is 15.7. The Kier molecular flexibility index (Phi) is 4.53. The van der Waals surface area contributed by atoms with Gasteiger partial charge < -0.3 is 15.4 Å². The van der Waals surface area contributed by atoms with Gasteiger partial charge in [0.2, 0.25) is 0 Å². The van der Waals surface area contributed by atoms with Gasteiger partial charge >= 0.3 is 5.97 Å². The van der Waals surface area contributed by atoms with Gasteiger partial charge in [0.15, 0.2) is 0 Å². The number of carbonyl (C=O) groups is 1. The molecule has 0 radical (unpaired) electrons. The number of rotatable bonds is 5. The third kappa shape index (κ3) is 3.20.